The van der Waals surface area contributed by atoms with Crippen LogP contribution in [-0.2, 0) is 12.8 Å². The molecule has 3 nitrogen and oxygen atoms in total. The summed E-state index contributed by atoms with van der Waals surface area (Å²) in [5.74, 6) is 1.00. The zero-order chi connectivity index (χ0) is 12.4. The van der Waals surface area contributed by atoms with Crippen LogP contribution in [0.3, 0.4) is 0 Å². The maximum atomic E-state index is 4.61. The van der Waals surface area contributed by atoms with Crippen LogP contribution in [-0.4, -0.2) is 15.0 Å². The first-order chi connectivity index (χ1) is 8.85. The zero-order valence-electron chi connectivity index (χ0n) is 10.4. The van der Waals surface area contributed by atoms with E-state index in [1.807, 2.05) is 24.5 Å². The van der Waals surface area contributed by atoms with Gasteiger partial charge in [0, 0.05) is 18.8 Å². The van der Waals surface area contributed by atoms with Crippen molar-refractivity contribution >= 4 is 11.0 Å². The minimum Gasteiger partial charge on any atom is -0.342 e. The normalized spacial score (nSPS) is 10.9. The van der Waals surface area contributed by atoms with Gasteiger partial charge in [-0.05, 0) is 41.8 Å². The summed E-state index contributed by atoms with van der Waals surface area (Å²) in [4.78, 5) is 12.0. The van der Waals surface area contributed by atoms with E-state index in [1.165, 1.54) is 11.1 Å². The smallest absolute Gasteiger partial charge is 0.111 e. The lowest BCUT2D eigenvalue weighted by Crippen LogP contribution is -1.90. The van der Waals surface area contributed by atoms with Crippen molar-refractivity contribution in [3.63, 3.8) is 0 Å². The second-order valence-electron chi connectivity index (χ2n) is 4.42. The van der Waals surface area contributed by atoms with Gasteiger partial charge < -0.3 is 4.98 Å². The molecule has 0 saturated heterocycles. The van der Waals surface area contributed by atoms with E-state index in [2.05, 4.69) is 40.1 Å². The van der Waals surface area contributed by atoms with Crippen molar-refractivity contribution in [3.8, 4) is 0 Å². The fourth-order valence-corrected chi connectivity index (χ4v) is 2.11. The number of rotatable bonds is 3. The molecule has 3 aromatic rings. The molecule has 0 aliphatic rings. The molecule has 0 radical (unpaired) electrons. The van der Waals surface area contributed by atoms with Gasteiger partial charge in [0.1, 0.15) is 5.82 Å². The molecule has 0 aliphatic carbocycles. The number of aryl methyl sites for hydroxylation is 1. The minimum absolute atomic E-state index is 0.818. The molecule has 0 aliphatic heterocycles. The Morgan fingerprint density at radius 3 is 2.67 bits per heavy atom. The molecule has 0 saturated carbocycles. The molecule has 90 valence electrons. The van der Waals surface area contributed by atoms with Crippen molar-refractivity contribution < 1.29 is 0 Å². The number of fused-ring (bicyclic) bond motifs is 1. The van der Waals surface area contributed by atoms with Crippen molar-refractivity contribution in [1.82, 2.24) is 15.0 Å². The van der Waals surface area contributed by atoms with Crippen LogP contribution in [0.1, 0.15) is 23.9 Å². The van der Waals surface area contributed by atoms with Crippen molar-refractivity contribution in [1.29, 1.82) is 0 Å². The first kappa shape index (κ1) is 11.0. The number of benzene rings is 1. The molecule has 1 aromatic carbocycles. The third-order valence-electron chi connectivity index (χ3n) is 3.12. The number of aromatic nitrogens is 3. The number of aromatic amines is 1. The van der Waals surface area contributed by atoms with Crippen LogP contribution in [0.25, 0.3) is 11.0 Å². The molecule has 3 rings (SSSR count). The number of nitrogens with zero attached hydrogens (tertiary/aromatic N) is 2. The minimum atomic E-state index is 0.818. The van der Waals surface area contributed by atoms with Gasteiger partial charge in [-0.2, -0.15) is 0 Å². The van der Waals surface area contributed by atoms with Gasteiger partial charge in [-0.25, -0.2) is 4.98 Å². The predicted molar refractivity (Wildman–Crippen MR) is 72.5 cm³/mol. The van der Waals surface area contributed by atoms with E-state index in [0.717, 1.165) is 29.7 Å². The van der Waals surface area contributed by atoms with Crippen LogP contribution in [0.2, 0.25) is 0 Å². The van der Waals surface area contributed by atoms with Gasteiger partial charge in [0.05, 0.1) is 11.0 Å². The summed E-state index contributed by atoms with van der Waals surface area (Å²) in [5.41, 5.74) is 4.72. The monoisotopic (exact) mass is 237 g/mol. The maximum Gasteiger partial charge on any atom is 0.111 e. The van der Waals surface area contributed by atoms with Crippen LogP contribution < -0.4 is 0 Å². The van der Waals surface area contributed by atoms with Crippen LogP contribution in [0.5, 0.6) is 0 Å². The Kier molecular flexibility index (Phi) is 2.81. The Morgan fingerprint density at radius 2 is 1.89 bits per heavy atom. The molecule has 0 bridgehead atoms. The van der Waals surface area contributed by atoms with Gasteiger partial charge in [0.25, 0.3) is 0 Å². The molecule has 18 heavy (non-hydrogen) atoms. The number of hydrogen-bond donors (Lipinski definition) is 1. The molecular formula is C15H15N3. The number of nitrogens with one attached hydrogen (secondary N) is 1. The highest BCUT2D eigenvalue weighted by atomic mass is 14.9. The van der Waals surface area contributed by atoms with E-state index in [-0.39, 0.29) is 0 Å². The van der Waals surface area contributed by atoms with E-state index in [0.29, 0.717) is 0 Å². The summed E-state index contributed by atoms with van der Waals surface area (Å²) in [6, 6.07) is 10.4. The van der Waals surface area contributed by atoms with Gasteiger partial charge in [-0.3, -0.25) is 4.98 Å². The topological polar surface area (TPSA) is 41.6 Å². The number of pyridine rings is 1. The molecule has 0 atom stereocenters. The number of imidazole rings is 1. The van der Waals surface area contributed by atoms with E-state index in [1.54, 1.807) is 0 Å². The summed E-state index contributed by atoms with van der Waals surface area (Å²) in [7, 11) is 0. The third-order valence-corrected chi connectivity index (χ3v) is 3.12. The van der Waals surface area contributed by atoms with E-state index in [4.69, 9.17) is 0 Å². The molecule has 2 heterocycles. The second-order valence-corrected chi connectivity index (χ2v) is 4.42. The fourth-order valence-electron chi connectivity index (χ4n) is 2.11. The van der Waals surface area contributed by atoms with E-state index >= 15 is 0 Å². The lowest BCUT2D eigenvalue weighted by Gasteiger charge is -1.95. The lowest BCUT2D eigenvalue weighted by molar-refractivity contribution is 1.03. The van der Waals surface area contributed by atoms with Gasteiger partial charge >= 0.3 is 0 Å². The molecule has 0 amide bonds. The fraction of sp³-hybridized carbons (Fsp3) is 0.200. The van der Waals surface area contributed by atoms with Crippen LogP contribution >= 0.6 is 0 Å². The standard InChI is InChI=1S/C15H15N3/c1-2-11-3-4-13-14(9-11)18-15(17-13)10-12-5-7-16-8-6-12/h3-9H,2,10H2,1H3,(H,17,18). The third kappa shape index (κ3) is 2.12. The summed E-state index contributed by atoms with van der Waals surface area (Å²) in [6.45, 7) is 2.16. The second kappa shape index (κ2) is 4.61. The Labute approximate surface area is 106 Å². The Bertz CT molecular complexity index is 656. The highest BCUT2D eigenvalue weighted by Crippen LogP contribution is 2.16. The quantitative estimate of drug-likeness (QED) is 0.760. The Balaban J connectivity index is 1.94. The van der Waals surface area contributed by atoms with E-state index < -0.39 is 0 Å². The van der Waals surface area contributed by atoms with Crippen LogP contribution in [0.4, 0.5) is 0 Å². The van der Waals surface area contributed by atoms with Crippen molar-refractivity contribution in [2.45, 2.75) is 19.8 Å². The Hall–Kier alpha value is -2.16. The molecule has 1 N–H and O–H groups in total. The largest absolute Gasteiger partial charge is 0.342 e. The predicted octanol–water partition coefficient (Wildman–Crippen LogP) is 3.11. The molecule has 0 spiro atoms. The molecule has 2 aromatic heterocycles. The highest BCUT2D eigenvalue weighted by molar-refractivity contribution is 5.75. The molecule has 0 fully saturated rings. The van der Waals surface area contributed by atoms with E-state index in [9.17, 15) is 0 Å². The van der Waals surface area contributed by atoms with Crippen molar-refractivity contribution in [2.24, 2.45) is 0 Å². The zero-order valence-corrected chi connectivity index (χ0v) is 10.4. The van der Waals surface area contributed by atoms with Crippen molar-refractivity contribution in [3.05, 3.63) is 59.7 Å². The first-order valence-corrected chi connectivity index (χ1v) is 6.21. The highest BCUT2D eigenvalue weighted by Gasteiger charge is 2.04. The van der Waals surface area contributed by atoms with Crippen LogP contribution in [0.15, 0.2) is 42.7 Å². The summed E-state index contributed by atoms with van der Waals surface area (Å²) < 4.78 is 0. The van der Waals surface area contributed by atoms with Gasteiger partial charge in [0.2, 0.25) is 0 Å². The molecule has 0 unspecified atom stereocenters. The van der Waals surface area contributed by atoms with Gasteiger partial charge in [-0.15, -0.1) is 0 Å². The molecule has 3 heteroatoms. The summed E-state index contributed by atoms with van der Waals surface area (Å²) in [5, 5.41) is 0. The average molecular weight is 237 g/mol. The summed E-state index contributed by atoms with van der Waals surface area (Å²) >= 11 is 0. The molecular weight excluding hydrogens is 222 g/mol. The lowest BCUT2D eigenvalue weighted by atomic mass is 10.1. The van der Waals surface area contributed by atoms with Crippen LogP contribution in [0, 0.1) is 0 Å². The summed E-state index contributed by atoms with van der Waals surface area (Å²) in [6.07, 6.45) is 5.49. The average Bonchev–Trinajstić information content (AvgIpc) is 2.80. The Morgan fingerprint density at radius 1 is 1.06 bits per heavy atom. The van der Waals surface area contributed by atoms with Gasteiger partial charge in [-0.1, -0.05) is 13.0 Å². The number of H-pyrrole nitrogens is 1. The van der Waals surface area contributed by atoms with Gasteiger partial charge in [0.15, 0.2) is 0 Å². The number of hydrogen-bond acceptors (Lipinski definition) is 2. The maximum absolute atomic E-state index is 4.61. The first-order valence-electron chi connectivity index (χ1n) is 6.21. The van der Waals surface area contributed by atoms with Crippen molar-refractivity contribution in [2.75, 3.05) is 0 Å². The SMILES string of the molecule is CCc1ccc2nc(Cc3ccncc3)[nH]c2c1.